The fraction of sp³-hybridized carbons (Fsp3) is 0.308. The summed E-state index contributed by atoms with van der Waals surface area (Å²) in [4.78, 5) is 0.0889. The van der Waals surface area contributed by atoms with Crippen molar-refractivity contribution in [3.63, 3.8) is 0 Å². The summed E-state index contributed by atoms with van der Waals surface area (Å²) in [7, 11) is 0.709. The molecule has 1 heterocycles. The molecule has 2 aromatic rings. The summed E-state index contributed by atoms with van der Waals surface area (Å²) in [5.41, 5.74) is 0.627. The summed E-state index contributed by atoms with van der Waals surface area (Å²) in [5.74, 6) is 0.624. The number of nitrogens with one attached hydrogen (secondary N) is 1. The van der Waals surface area contributed by atoms with Gasteiger partial charge in [-0.25, -0.2) is 8.42 Å². The van der Waals surface area contributed by atoms with E-state index in [1.54, 1.807) is 14.0 Å². The van der Waals surface area contributed by atoms with E-state index in [-0.39, 0.29) is 16.3 Å². The molecule has 0 fully saturated rings. The fourth-order valence-electron chi connectivity index (χ4n) is 1.98. The van der Waals surface area contributed by atoms with Gasteiger partial charge in [-0.05, 0) is 6.92 Å². The van der Waals surface area contributed by atoms with Gasteiger partial charge in [0.05, 0.1) is 30.6 Å². The third-order valence-electron chi connectivity index (χ3n) is 2.98. The van der Waals surface area contributed by atoms with Crippen molar-refractivity contribution in [2.45, 2.75) is 11.8 Å². The number of benzene rings is 1. The molecule has 0 amide bonds. The van der Waals surface area contributed by atoms with Crippen LogP contribution < -0.4 is 14.2 Å². The highest BCUT2D eigenvalue weighted by Crippen LogP contribution is 2.37. The van der Waals surface area contributed by atoms with E-state index in [9.17, 15) is 8.42 Å². The molecule has 1 aromatic heterocycles. The molecule has 0 bridgehead atoms. The van der Waals surface area contributed by atoms with Crippen molar-refractivity contribution in [1.82, 2.24) is 9.78 Å². The van der Waals surface area contributed by atoms with Crippen molar-refractivity contribution in [1.29, 1.82) is 0 Å². The van der Waals surface area contributed by atoms with Crippen LogP contribution in [0, 0.1) is 6.92 Å². The summed E-state index contributed by atoms with van der Waals surface area (Å²) in [6.07, 6.45) is 1.43. The van der Waals surface area contributed by atoms with Gasteiger partial charge in [0, 0.05) is 25.4 Å². The average Bonchev–Trinajstić information content (AvgIpc) is 2.79. The van der Waals surface area contributed by atoms with Crippen LogP contribution in [0.2, 0.25) is 5.02 Å². The second-order valence-electron chi connectivity index (χ2n) is 4.54. The van der Waals surface area contributed by atoms with E-state index in [0.717, 1.165) is 0 Å². The zero-order valence-corrected chi connectivity index (χ0v) is 14.1. The number of anilines is 1. The van der Waals surface area contributed by atoms with Gasteiger partial charge in [0.25, 0.3) is 10.0 Å². The van der Waals surface area contributed by atoms with Gasteiger partial charge >= 0.3 is 0 Å². The minimum Gasteiger partial charge on any atom is -0.495 e. The quantitative estimate of drug-likeness (QED) is 0.898. The normalized spacial score (nSPS) is 11.3. The van der Waals surface area contributed by atoms with E-state index in [1.165, 1.54) is 37.2 Å². The van der Waals surface area contributed by atoms with Crippen molar-refractivity contribution in [3.05, 3.63) is 29.0 Å². The molecule has 0 spiro atoms. The highest BCUT2D eigenvalue weighted by atomic mass is 35.5. The molecule has 0 atom stereocenters. The van der Waals surface area contributed by atoms with Crippen LogP contribution >= 0.6 is 11.6 Å². The van der Waals surface area contributed by atoms with E-state index in [1.807, 2.05) is 0 Å². The summed E-state index contributed by atoms with van der Waals surface area (Å²) in [6, 6.07) is 2.94. The summed E-state index contributed by atoms with van der Waals surface area (Å²) >= 11 is 6.00. The first-order chi connectivity index (χ1) is 10.3. The third kappa shape index (κ3) is 3.12. The molecular weight excluding hydrogens is 330 g/mol. The predicted octanol–water partition coefficient (Wildman–Crippen LogP) is 2.20. The molecular formula is C13H16ClN3O4S. The maximum Gasteiger partial charge on any atom is 0.265 e. The summed E-state index contributed by atoms with van der Waals surface area (Å²) in [5, 5.41) is 4.35. The highest BCUT2D eigenvalue weighted by Gasteiger charge is 2.22. The van der Waals surface area contributed by atoms with E-state index in [0.29, 0.717) is 16.5 Å². The molecule has 0 aliphatic heterocycles. The summed E-state index contributed by atoms with van der Waals surface area (Å²) < 4.78 is 39.1. The smallest absolute Gasteiger partial charge is 0.265 e. The van der Waals surface area contributed by atoms with Crippen LogP contribution in [0.1, 0.15) is 5.69 Å². The van der Waals surface area contributed by atoms with Gasteiger partial charge in [-0.2, -0.15) is 5.10 Å². The average molecular weight is 346 g/mol. The van der Waals surface area contributed by atoms with Crippen molar-refractivity contribution < 1.29 is 17.9 Å². The standard InChI is InChI=1S/C13H16ClN3O4S/c1-8-13(7-17(2)15-8)22(18,19)16-10-6-11(20-3)9(14)5-12(10)21-4/h5-7,16H,1-4H3. The maximum absolute atomic E-state index is 12.5. The Balaban J connectivity index is 2.47. The van der Waals surface area contributed by atoms with Crippen LogP contribution in [-0.4, -0.2) is 32.4 Å². The van der Waals surface area contributed by atoms with Gasteiger partial charge in [-0.3, -0.25) is 9.40 Å². The van der Waals surface area contributed by atoms with E-state index in [4.69, 9.17) is 21.1 Å². The van der Waals surface area contributed by atoms with Crippen LogP contribution in [0.15, 0.2) is 23.2 Å². The second-order valence-corrected chi connectivity index (χ2v) is 6.60. The molecule has 9 heteroatoms. The van der Waals surface area contributed by atoms with Gasteiger partial charge in [-0.1, -0.05) is 11.6 Å². The number of sulfonamides is 1. The van der Waals surface area contributed by atoms with E-state index < -0.39 is 10.0 Å². The van der Waals surface area contributed by atoms with Gasteiger partial charge in [0.1, 0.15) is 16.4 Å². The number of halogens is 1. The predicted molar refractivity (Wildman–Crippen MR) is 83.3 cm³/mol. The topological polar surface area (TPSA) is 82.5 Å². The Hall–Kier alpha value is -1.93. The second kappa shape index (κ2) is 6.05. The maximum atomic E-state index is 12.5. The fourth-order valence-corrected chi connectivity index (χ4v) is 3.49. The van der Waals surface area contributed by atoms with Crippen LogP contribution in [0.4, 0.5) is 5.69 Å². The molecule has 0 unspecified atom stereocenters. The largest absolute Gasteiger partial charge is 0.495 e. The zero-order valence-electron chi connectivity index (χ0n) is 12.5. The van der Waals surface area contributed by atoms with Gasteiger partial charge in [0.2, 0.25) is 0 Å². The first kappa shape index (κ1) is 16.4. The molecule has 22 heavy (non-hydrogen) atoms. The van der Waals surface area contributed by atoms with Crippen LogP contribution in [0.5, 0.6) is 11.5 Å². The Morgan fingerprint density at radius 2 is 1.86 bits per heavy atom. The lowest BCUT2D eigenvalue weighted by atomic mass is 10.3. The first-order valence-corrected chi connectivity index (χ1v) is 8.09. The minimum absolute atomic E-state index is 0.0889. The Morgan fingerprint density at radius 3 is 2.36 bits per heavy atom. The van der Waals surface area contributed by atoms with Crippen LogP contribution in [0.25, 0.3) is 0 Å². The number of rotatable bonds is 5. The number of hydrogen-bond acceptors (Lipinski definition) is 5. The van der Waals surface area contributed by atoms with Gasteiger partial charge in [0.15, 0.2) is 0 Å². The lowest BCUT2D eigenvalue weighted by molar-refractivity contribution is 0.405. The Labute approximate surface area is 133 Å². The molecule has 0 aliphatic carbocycles. The van der Waals surface area contributed by atoms with E-state index in [2.05, 4.69) is 9.82 Å². The van der Waals surface area contributed by atoms with Gasteiger partial charge in [-0.15, -0.1) is 0 Å². The number of aromatic nitrogens is 2. The van der Waals surface area contributed by atoms with Crippen molar-refractivity contribution in [2.24, 2.45) is 7.05 Å². The molecule has 0 saturated heterocycles. The van der Waals surface area contributed by atoms with Gasteiger partial charge < -0.3 is 9.47 Å². The number of methoxy groups -OCH3 is 2. The first-order valence-electron chi connectivity index (χ1n) is 6.23. The van der Waals surface area contributed by atoms with Crippen molar-refractivity contribution in [2.75, 3.05) is 18.9 Å². The highest BCUT2D eigenvalue weighted by molar-refractivity contribution is 7.92. The van der Waals surface area contributed by atoms with Crippen LogP contribution in [-0.2, 0) is 17.1 Å². The third-order valence-corrected chi connectivity index (χ3v) is 4.74. The number of aryl methyl sites for hydroxylation is 2. The molecule has 1 aromatic carbocycles. The lowest BCUT2D eigenvalue weighted by Crippen LogP contribution is -2.14. The number of nitrogens with zero attached hydrogens (tertiary/aromatic N) is 2. The Bertz CT molecular complexity index is 802. The molecule has 2 rings (SSSR count). The molecule has 1 N–H and O–H groups in total. The molecule has 0 radical (unpaired) electrons. The monoisotopic (exact) mass is 345 g/mol. The number of ether oxygens (including phenoxy) is 2. The van der Waals surface area contributed by atoms with Crippen molar-refractivity contribution in [3.8, 4) is 11.5 Å². The van der Waals surface area contributed by atoms with Crippen molar-refractivity contribution >= 4 is 27.3 Å². The van der Waals surface area contributed by atoms with Crippen LogP contribution in [0.3, 0.4) is 0 Å². The Morgan fingerprint density at radius 1 is 1.23 bits per heavy atom. The summed E-state index contributed by atoms with van der Waals surface area (Å²) in [6.45, 7) is 1.62. The molecule has 7 nitrogen and oxygen atoms in total. The Kier molecular flexibility index (Phi) is 4.52. The number of hydrogen-bond donors (Lipinski definition) is 1. The SMILES string of the molecule is COc1cc(NS(=O)(=O)c2cn(C)nc2C)c(OC)cc1Cl. The molecule has 0 saturated carbocycles. The molecule has 0 aliphatic rings. The zero-order chi connectivity index (χ0) is 16.5. The van der Waals surface area contributed by atoms with E-state index >= 15 is 0 Å². The lowest BCUT2D eigenvalue weighted by Gasteiger charge is -2.13. The minimum atomic E-state index is -3.81. The molecule has 120 valence electrons.